The molecule has 0 N–H and O–H groups in total. The fourth-order valence-electron chi connectivity index (χ4n) is 1.74. The Morgan fingerprint density at radius 3 is 2.42 bits per heavy atom. The number of ether oxygens (including phenoxy) is 1. The van der Waals surface area contributed by atoms with Crippen LogP contribution in [0.1, 0.15) is 28.4 Å². The maximum absolute atomic E-state index is 11.6. The first-order valence-corrected chi connectivity index (χ1v) is 6.30. The summed E-state index contributed by atoms with van der Waals surface area (Å²) in [6.07, 6.45) is 4.00. The van der Waals surface area contributed by atoms with Crippen LogP contribution in [0.15, 0.2) is 54.6 Å². The second-order valence-corrected chi connectivity index (χ2v) is 4.09. The molecule has 0 saturated carbocycles. The zero-order valence-electron chi connectivity index (χ0n) is 10.9. The summed E-state index contributed by atoms with van der Waals surface area (Å²) in [5.41, 5.74) is 2.69. The van der Waals surface area contributed by atoms with Crippen LogP contribution in [0, 0.1) is 0 Å². The molecular formula is C17H16O2. The molecule has 0 aliphatic rings. The number of carbonyl (C=O) groups excluding carboxylic acids is 1. The van der Waals surface area contributed by atoms with Gasteiger partial charge in [0, 0.05) is 0 Å². The summed E-state index contributed by atoms with van der Waals surface area (Å²) in [6.45, 7) is 2.19. The quantitative estimate of drug-likeness (QED) is 0.606. The Hall–Kier alpha value is -2.35. The molecule has 0 aliphatic heterocycles. The maximum atomic E-state index is 11.6. The topological polar surface area (TPSA) is 26.3 Å². The van der Waals surface area contributed by atoms with E-state index in [1.807, 2.05) is 60.7 Å². The van der Waals surface area contributed by atoms with Gasteiger partial charge in [0.25, 0.3) is 0 Å². The van der Waals surface area contributed by atoms with Crippen LogP contribution in [-0.4, -0.2) is 12.6 Å². The highest BCUT2D eigenvalue weighted by Crippen LogP contribution is 2.11. The molecule has 0 aliphatic carbocycles. The third-order valence-corrected chi connectivity index (χ3v) is 2.67. The number of esters is 1. The van der Waals surface area contributed by atoms with Crippen molar-refractivity contribution >= 4 is 18.1 Å². The molecule has 2 aromatic carbocycles. The predicted octanol–water partition coefficient (Wildman–Crippen LogP) is 4.03. The summed E-state index contributed by atoms with van der Waals surface area (Å²) >= 11 is 0. The molecule has 2 rings (SSSR count). The summed E-state index contributed by atoms with van der Waals surface area (Å²) in [5, 5.41) is 0. The molecule has 0 fully saturated rings. The van der Waals surface area contributed by atoms with Gasteiger partial charge in [0.2, 0.25) is 0 Å². The van der Waals surface area contributed by atoms with E-state index in [9.17, 15) is 4.79 Å². The zero-order valence-corrected chi connectivity index (χ0v) is 10.9. The van der Waals surface area contributed by atoms with Crippen molar-refractivity contribution < 1.29 is 9.53 Å². The lowest BCUT2D eigenvalue weighted by Gasteiger charge is -2.02. The molecule has 2 heteroatoms. The van der Waals surface area contributed by atoms with Crippen molar-refractivity contribution in [3.8, 4) is 0 Å². The van der Waals surface area contributed by atoms with Gasteiger partial charge < -0.3 is 4.74 Å². The van der Waals surface area contributed by atoms with Crippen molar-refractivity contribution in [2.75, 3.05) is 6.61 Å². The highest BCUT2D eigenvalue weighted by molar-refractivity contribution is 5.90. The minimum absolute atomic E-state index is 0.280. The molecule has 2 nitrogen and oxygen atoms in total. The van der Waals surface area contributed by atoms with Gasteiger partial charge >= 0.3 is 5.97 Å². The van der Waals surface area contributed by atoms with Gasteiger partial charge in [-0.1, -0.05) is 54.6 Å². The van der Waals surface area contributed by atoms with Gasteiger partial charge in [-0.15, -0.1) is 0 Å². The Labute approximate surface area is 113 Å². The molecule has 0 unspecified atom stereocenters. The predicted molar refractivity (Wildman–Crippen MR) is 77.8 cm³/mol. The number of hydrogen-bond acceptors (Lipinski definition) is 2. The van der Waals surface area contributed by atoms with E-state index in [0.717, 1.165) is 11.1 Å². The van der Waals surface area contributed by atoms with E-state index in [0.29, 0.717) is 12.2 Å². The molecule has 0 atom stereocenters. The molecule has 0 amide bonds. The third-order valence-electron chi connectivity index (χ3n) is 2.67. The molecule has 96 valence electrons. The molecule has 2 aromatic rings. The van der Waals surface area contributed by atoms with Gasteiger partial charge in [0.15, 0.2) is 0 Å². The number of carbonyl (C=O) groups is 1. The minimum atomic E-state index is -0.280. The summed E-state index contributed by atoms with van der Waals surface area (Å²) in [5.74, 6) is -0.280. The minimum Gasteiger partial charge on any atom is -0.462 e. The van der Waals surface area contributed by atoms with Crippen LogP contribution in [0.25, 0.3) is 12.2 Å². The van der Waals surface area contributed by atoms with Gasteiger partial charge in [0.1, 0.15) is 0 Å². The highest BCUT2D eigenvalue weighted by atomic mass is 16.5. The van der Waals surface area contributed by atoms with Gasteiger partial charge in [-0.25, -0.2) is 4.79 Å². The van der Waals surface area contributed by atoms with Crippen LogP contribution in [0.2, 0.25) is 0 Å². The van der Waals surface area contributed by atoms with Gasteiger partial charge in [0.05, 0.1) is 12.2 Å². The maximum Gasteiger partial charge on any atom is 0.338 e. The lowest BCUT2D eigenvalue weighted by atomic mass is 10.1. The van der Waals surface area contributed by atoms with Gasteiger partial charge in [-0.3, -0.25) is 0 Å². The van der Waals surface area contributed by atoms with Crippen LogP contribution in [0.4, 0.5) is 0 Å². The van der Waals surface area contributed by atoms with Crippen LogP contribution >= 0.6 is 0 Å². The Kier molecular flexibility index (Phi) is 4.51. The Morgan fingerprint density at radius 2 is 1.68 bits per heavy atom. The van der Waals surface area contributed by atoms with Crippen LogP contribution in [0.5, 0.6) is 0 Å². The molecule has 0 aromatic heterocycles. The average molecular weight is 252 g/mol. The third kappa shape index (κ3) is 3.81. The SMILES string of the molecule is CCOC(=O)c1cccc(/C=C/c2ccccc2)c1. The molecule has 0 bridgehead atoms. The van der Waals surface area contributed by atoms with E-state index >= 15 is 0 Å². The molecular weight excluding hydrogens is 236 g/mol. The molecule has 0 saturated heterocycles. The lowest BCUT2D eigenvalue weighted by molar-refractivity contribution is 0.0526. The molecule has 19 heavy (non-hydrogen) atoms. The van der Waals surface area contributed by atoms with Gasteiger partial charge in [-0.2, -0.15) is 0 Å². The van der Waals surface area contributed by atoms with E-state index in [-0.39, 0.29) is 5.97 Å². The molecule has 0 radical (unpaired) electrons. The first-order chi connectivity index (χ1) is 9.29. The van der Waals surface area contributed by atoms with Crippen LogP contribution in [0.3, 0.4) is 0 Å². The fraction of sp³-hybridized carbons (Fsp3) is 0.118. The van der Waals surface area contributed by atoms with Crippen LogP contribution in [-0.2, 0) is 4.74 Å². The zero-order chi connectivity index (χ0) is 13.5. The van der Waals surface area contributed by atoms with Crippen molar-refractivity contribution in [2.24, 2.45) is 0 Å². The van der Waals surface area contributed by atoms with E-state index < -0.39 is 0 Å². The first-order valence-electron chi connectivity index (χ1n) is 6.30. The van der Waals surface area contributed by atoms with Gasteiger partial charge in [-0.05, 0) is 30.2 Å². The van der Waals surface area contributed by atoms with E-state index in [1.54, 1.807) is 13.0 Å². The normalized spacial score (nSPS) is 10.6. The molecule has 0 spiro atoms. The standard InChI is InChI=1S/C17H16O2/c1-2-19-17(18)16-10-6-9-15(13-16)12-11-14-7-4-3-5-8-14/h3-13H,2H2,1H3/b12-11+. The summed E-state index contributed by atoms with van der Waals surface area (Å²) in [6, 6.07) is 17.5. The summed E-state index contributed by atoms with van der Waals surface area (Å²) in [7, 11) is 0. The second-order valence-electron chi connectivity index (χ2n) is 4.09. The summed E-state index contributed by atoms with van der Waals surface area (Å²) in [4.78, 5) is 11.6. The Balaban J connectivity index is 2.15. The van der Waals surface area contributed by atoms with Crippen molar-refractivity contribution in [3.63, 3.8) is 0 Å². The van der Waals surface area contributed by atoms with E-state index in [1.165, 1.54) is 0 Å². The second kappa shape index (κ2) is 6.55. The first kappa shape index (κ1) is 13.1. The number of hydrogen-bond donors (Lipinski definition) is 0. The number of benzene rings is 2. The Morgan fingerprint density at radius 1 is 1.00 bits per heavy atom. The average Bonchev–Trinajstić information content (AvgIpc) is 2.47. The highest BCUT2D eigenvalue weighted by Gasteiger charge is 2.05. The monoisotopic (exact) mass is 252 g/mol. The lowest BCUT2D eigenvalue weighted by Crippen LogP contribution is -2.04. The largest absolute Gasteiger partial charge is 0.462 e. The number of rotatable bonds is 4. The van der Waals surface area contributed by atoms with Crippen molar-refractivity contribution in [1.82, 2.24) is 0 Å². The Bertz CT molecular complexity index is 571. The molecule has 0 heterocycles. The van der Waals surface area contributed by atoms with Crippen molar-refractivity contribution in [2.45, 2.75) is 6.92 Å². The smallest absolute Gasteiger partial charge is 0.338 e. The fourth-order valence-corrected chi connectivity index (χ4v) is 1.74. The van der Waals surface area contributed by atoms with E-state index in [2.05, 4.69) is 0 Å². The van der Waals surface area contributed by atoms with Crippen LogP contribution < -0.4 is 0 Å². The van der Waals surface area contributed by atoms with Crippen molar-refractivity contribution in [1.29, 1.82) is 0 Å². The summed E-state index contributed by atoms with van der Waals surface area (Å²) < 4.78 is 4.98. The van der Waals surface area contributed by atoms with E-state index in [4.69, 9.17) is 4.74 Å². The van der Waals surface area contributed by atoms with Crippen molar-refractivity contribution in [3.05, 3.63) is 71.3 Å².